The first-order chi connectivity index (χ1) is 7.99. The second kappa shape index (κ2) is 3.74. The predicted molar refractivity (Wildman–Crippen MR) is 54.6 cm³/mol. The average molecular weight is 239 g/mol. The monoisotopic (exact) mass is 239 g/mol. The standard InChI is InChI=1S/C9H6FN3O4/c10-4-1-5(7-3-8(11)12-17-7)9(14)6(2-4)13(15)16/h1-3,14H,(H2,11,12). The molecule has 2 aromatic rings. The Bertz CT molecular complexity index is 596. The van der Waals surface area contributed by atoms with E-state index in [1.807, 2.05) is 0 Å². The summed E-state index contributed by atoms with van der Waals surface area (Å²) in [4.78, 5) is 9.67. The number of hydrogen-bond acceptors (Lipinski definition) is 6. The second-order valence-corrected chi connectivity index (χ2v) is 3.19. The van der Waals surface area contributed by atoms with Gasteiger partial charge in [-0.2, -0.15) is 0 Å². The molecule has 1 heterocycles. The van der Waals surface area contributed by atoms with Crippen molar-refractivity contribution in [3.8, 4) is 17.1 Å². The van der Waals surface area contributed by atoms with Crippen molar-refractivity contribution in [2.45, 2.75) is 0 Å². The van der Waals surface area contributed by atoms with Crippen LogP contribution in [0.3, 0.4) is 0 Å². The van der Waals surface area contributed by atoms with E-state index in [0.717, 1.165) is 6.07 Å². The molecule has 0 aliphatic heterocycles. The van der Waals surface area contributed by atoms with Gasteiger partial charge in [0.25, 0.3) is 0 Å². The summed E-state index contributed by atoms with van der Waals surface area (Å²) in [5.41, 5.74) is 4.35. The third-order valence-corrected chi connectivity index (χ3v) is 2.05. The van der Waals surface area contributed by atoms with Crippen molar-refractivity contribution >= 4 is 11.5 Å². The van der Waals surface area contributed by atoms with Gasteiger partial charge in [0.1, 0.15) is 5.82 Å². The minimum Gasteiger partial charge on any atom is -0.502 e. The molecule has 0 fully saturated rings. The number of nitrogens with two attached hydrogens (primary N) is 1. The van der Waals surface area contributed by atoms with Gasteiger partial charge in [-0.15, -0.1) is 0 Å². The van der Waals surface area contributed by atoms with E-state index < -0.39 is 22.2 Å². The van der Waals surface area contributed by atoms with Crippen LogP contribution in [0.1, 0.15) is 0 Å². The number of benzene rings is 1. The lowest BCUT2D eigenvalue weighted by Gasteiger charge is -2.01. The number of nitrogens with zero attached hydrogens (tertiary/aromatic N) is 2. The molecule has 0 amide bonds. The van der Waals surface area contributed by atoms with Crippen LogP contribution >= 0.6 is 0 Å². The molecule has 1 aromatic carbocycles. The molecule has 1 aromatic heterocycles. The highest BCUT2D eigenvalue weighted by atomic mass is 19.1. The summed E-state index contributed by atoms with van der Waals surface area (Å²) in [7, 11) is 0. The number of hydrogen-bond donors (Lipinski definition) is 2. The lowest BCUT2D eigenvalue weighted by molar-refractivity contribution is -0.386. The summed E-state index contributed by atoms with van der Waals surface area (Å²) in [6.07, 6.45) is 0. The van der Waals surface area contributed by atoms with E-state index >= 15 is 0 Å². The number of phenols is 1. The Hall–Kier alpha value is -2.64. The van der Waals surface area contributed by atoms with Crippen LogP contribution < -0.4 is 5.73 Å². The van der Waals surface area contributed by atoms with E-state index in [4.69, 9.17) is 10.3 Å². The molecule has 8 heteroatoms. The maximum Gasteiger partial charge on any atom is 0.314 e. The van der Waals surface area contributed by atoms with E-state index in [0.29, 0.717) is 6.07 Å². The van der Waals surface area contributed by atoms with Crippen molar-refractivity contribution in [2.75, 3.05) is 5.73 Å². The third-order valence-electron chi connectivity index (χ3n) is 2.05. The Labute approximate surface area is 93.4 Å². The van der Waals surface area contributed by atoms with Crippen LogP contribution in [-0.2, 0) is 0 Å². The molecule has 17 heavy (non-hydrogen) atoms. The molecule has 0 saturated carbocycles. The van der Waals surface area contributed by atoms with E-state index in [1.54, 1.807) is 0 Å². The van der Waals surface area contributed by atoms with Crippen LogP contribution in [0.4, 0.5) is 15.9 Å². The number of aromatic nitrogens is 1. The lowest BCUT2D eigenvalue weighted by Crippen LogP contribution is -1.92. The van der Waals surface area contributed by atoms with Crippen molar-refractivity contribution < 1.29 is 18.9 Å². The third kappa shape index (κ3) is 1.87. The minimum absolute atomic E-state index is 0.0197. The van der Waals surface area contributed by atoms with Crippen molar-refractivity contribution in [1.29, 1.82) is 0 Å². The Balaban J connectivity index is 2.66. The van der Waals surface area contributed by atoms with Crippen LogP contribution in [0, 0.1) is 15.9 Å². The highest BCUT2D eigenvalue weighted by Crippen LogP contribution is 2.38. The van der Waals surface area contributed by atoms with Gasteiger partial charge in [0.15, 0.2) is 11.6 Å². The molecule has 88 valence electrons. The fraction of sp³-hybridized carbons (Fsp3) is 0. The van der Waals surface area contributed by atoms with E-state index in [2.05, 4.69) is 5.16 Å². The number of halogens is 1. The van der Waals surface area contributed by atoms with Crippen LogP contribution in [-0.4, -0.2) is 15.2 Å². The van der Waals surface area contributed by atoms with Gasteiger partial charge in [-0.25, -0.2) is 4.39 Å². The van der Waals surface area contributed by atoms with Crippen LogP contribution in [0.25, 0.3) is 11.3 Å². The molecular weight excluding hydrogens is 233 g/mol. The lowest BCUT2D eigenvalue weighted by atomic mass is 10.1. The van der Waals surface area contributed by atoms with Crippen molar-refractivity contribution in [1.82, 2.24) is 5.16 Å². The number of nitro groups is 1. The SMILES string of the molecule is Nc1cc(-c2cc(F)cc([N+](=O)[O-])c2O)on1. The van der Waals surface area contributed by atoms with Crippen molar-refractivity contribution in [2.24, 2.45) is 0 Å². The van der Waals surface area contributed by atoms with Gasteiger partial charge in [-0.1, -0.05) is 5.16 Å². The van der Waals surface area contributed by atoms with E-state index in [9.17, 15) is 19.6 Å². The Morgan fingerprint density at radius 1 is 1.47 bits per heavy atom. The summed E-state index contributed by atoms with van der Waals surface area (Å²) in [6.45, 7) is 0. The van der Waals surface area contributed by atoms with Crippen LogP contribution in [0.5, 0.6) is 5.75 Å². The van der Waals surface area contributed by atoms with Gasteiger partial charge in [0.05, 0.1) is 16.6 Å². The first-order valence-corrected chi connectivity index (χ1v) is 4.38. The van der Waals surface area contributed by atoms with Gasteiger partial charge in [0, 0.05) is 6.07 Å². The van der Waals surface area contributed by atoms with Gasteiger partial charge in [-0.3, -0.25) is 10.1 Å². The summed E-state index contributed by atoms with van der Waals surface area (Å²) in [6, 6.07) is 2.72. The Morgan fingerprint density at radius 3 is 2.71 bits per heavy atom. The molecule has 7 nitrogen and oxygen atoms in total. The van der Waals surface area contributed by atoms with Crippen molar-refractivity contribution in [3.05, 3.63) is 34.1 Å². The summed E-state index contributed by atoms with van der Waals surface area (Å²) >= 11 is 0. The number of rotatable bonds is 2. The average Bonchev–Trinajstić information content (AvgIpc) is 2.67. The van der Waals surface area contributed by atoms with Crippen molar-refractivity contribution in [3.63, 3.8) is 0 Å². The number of phenolic OH excluding ortho intramolecular Hbond substituents is 1. The zero-order valence-electron chi connectivity index (χ0n) is 8.25. The molecule has 0 atom stereocenters. The van der Waals surface area contributed by atoms with Crippen LogP contribution in [0.15, 0.2) is 22.7 Å². The zero-order valence-corrected chi connectivity index (χ0v) is 8.25. The van der Waals surface area contributed by atoms with Gasteiger partial charge >= 0.3 is 5.69 Å². The zero-order chi connectivity index (χ0) is 12.6. The normalized spacial score (nSPS) is 10.4. The van der Waals surface area contributed by atoms with Gasteiger partial charge < -0.3 is 15.4 Å². The molecule has 0 saturated heterocycles. The second-order valence-electron chi connectivity index (χ2n) is 3.19. The molecule has 3 N–H and O–H groups in total. The largest absolute Gasteiger partial charge is 0.502 e. The number of nitro benzene ring substituents is 1. The predicted octanol–water partition coefficient (Wildman–Crippen LogP) is 1.68. The molecule has 0 spiro atoms. The van der Waals surface area contributed by atoms with Gasteiger partial charge in [-0.05, 0) is 6.07 Å². The topological polar surface area (TPSA) is 115 Å². The smallest absolute Gasteiger partial charge is 0.314 e. The summed E-state index contributed by atoms with van der Waals surface area (Å²) in [5.74, 6) is -1.61. The molecule has 0 unspecified atom stereocenters. The molecule has 0 aliphatic rings. The minimum atomic E-state index is -0.901. The number of nitrogen functional groups attached to an aromatic ring is 1. The number of aromatic hydroxyl groups is 1. The molecule has 0 aliphatic carbocycles. The molecule has 2 rings (SSSR count). The summed E-state index contributed by atoms with van der Waals surface area (Å²) in [5, 5.41) is 23.5. The Morgan fingerprint density at radius 2 is 2.18 bits per heavy atom. The fourth-order valence-corrected chi connectivity index (χ4v) is 1.33. The summed E-state index contributed by atoms with van der Waals surface area (Å²) < 4.78 is 17.8. The maximum absolute atomic E-state index is 13.2. The molecule has 0 bridgehead atoms. The fourth-order valence-electron chi connectivity index (χ4n) is 1.33. The molecule has 0 radical (unpaired) electrons. The highest BCUT2D eigenvalue weighted by molar-refractivity contribution is 5.72. The first kappa shape index (κ1) is 10.9. The first-order valence-electron chi connectivity index (χ1n) is 4.38. The van der Waals surface area contributed by atoms with Crippen LogP contribution in [0.2, 0.25) is 0 Å². The van der Waals surface area contributed by atoms with Gasteiger partial charge in [0.2, 0.25) is 5.75 Å². The quantitative estimate of drug-likeness (QED) is 0.608. The van der Waals surface area contributed by atoms with E-state index in [1.165, 1.54) is 6.07 Å². The van der Waals surface area contributed by atoms with E-state index in [-0.39, 0.29) is 17.1 Å². The highest BCUT2D eigenvalue weighted by Gasteiger charge is 2.22. The molecular formula is C9H6FN3O4. The maximum atomic E-state index is 13.2. The number of anilines is 1. The Kier molecular flexibility index (Phi) is 2.39.